The first kappa shape index (κ1) is 32.6. The molecular formula is C37H46N2O6. The molecule has 2 bridgehead atoms. The summed E-state index contributed by atoms with van der Waals surface area (Å²) < 4.78 is 12.7. The highest BCUT2D eigenvalue weighted by atomic mass is 16.6. The van der Waals surface area contributed by atoms with Crippen molar-refractivity contribution in [2.75, 3.05) is 19.8 Å². The fourth-order valence-corrected chi connectivity index (χ4v) is 7.86. The Hall–Kier alpha value is -3.75. The van der Waals surface area contributed by atoms with Gasteiger partial charge in [-0.1, -0.05) is 79.7 Å². The molecule has 45 heavy (non-hydrogen) atoms. The van der Waals surface area contributed by atoms with Crippen LogP contribution in [0.3, 0.4) is 0 Å². The number of aliphatic hydroxyl groups excluding tert-OH is 1. The molecule has 1 spiro atoms. The zero-order valence-electron chi connectivity index (χ0n) is 26.5. The number of rotatable bonds is 15. The van der Waals surface area contributed by atoms with E-state index in [1.807, 2.05) is 80.6 Å². The second-order valence-corrected chi connectivity index (χ2v) is 12.9. The number of ether oxygens (including phenoxy) is 2. The van der Waals surface area contributed by atoms with Crippen LogP contribution in [0.5, 0.6) is 0 Å². The highest BCUT2D eigenvalue weighted by Gasteiger charge is 2.80. The number of benzene rings is 2. The fraction of sp³-hybridized carbons (Fsp3) is 0.486. The van der Waals surface area contributed by atoms with E-state index < -0.39 is 41.1 Å². The number of hydrogen-bond acceptors (Lipinski definition) is 6. The molecule has 2 aromatic carbocycles. The number of allylic oxidation sites excluding steroid dienone is 1. The van der Waals surface area contributed by atoms with Crippen LogP contribution >= 0.6 is 0 Å². The summed E-state index contributed by atoms with van der Waals surface area (Å²) >= 11 is 0. The van der Waals surface area contributed by atoms with E-state index in [9.17, 15) is 19.5 Å². The van der Waals surface area contributed by atoms with E-state index >= 15 is 0 Å². The number of likely N-dealkylation sites (tertiary alicyclic amines) is 1. The van der Waals surface area contributed by atoms with Gasteiger partial charge in [-0.2, -0.15) is 0 Å². The molecule has 0 aromatic heterocycles. The van der Waals surface area contributed by atoms with Crippen molar-refractivity contribution in [2.24, 2.45) is 17.8 Å². The summed E-state index contributed by atoms with van der Waals surface area (Å²) in [6, 6.07) is 17.6. The van der Waals surface area contributed by atoms with Crippen LogP contribution in [0, 0.1) is 17.8 Å². The Morgan fingerprint density at radius 1 is 1.09 bits per heavy atom. The minimum Gasteiger partial charge on any atom is -0.465 e. The molecule has 2 aromatic rings. The van der Waals surface area contributed by atoms with Crippen LogP contribution in [-0.4, -0.2) is 75.7 Å². The number of amides is 2. The SMILES string of the molecule is C=CCCCCOC(=O)[C@@H]1[C@H]2C(=O)N([C@@H](CO)Cc3ccccc3)C(C(=O)N(CC=C)Cc3ccccc3)C23CC(C)[C@@]1(C)O3. The number of carbonyl (C=O) groups is 3. The predicted octanol–water partition coefficient (Wildman–Crippen LogP) is 4.72. The van der Waals surface area contributed by atoms with Crippen LogP contribution in [0.2, 0.25) is 0 Å². The highest BCUT2D eigenvalue weighted by Crippen LogP contribution is 2.65. The number of carbonyl (C=O) groups excluding carboxylic acids is 3. The first-order valence-corrected chi connectivity index (χ1v) is 16.1. The maximum absolute atomic E-state index is 14.9. The molecule has 0 aliphatic carbocycles. The molecular weight excluding hydrogens is 568 g/mol. The molecule has 5 rings (SSSR count). The molecule has 0 saturated carbocycles. The number of esters is 1. The van der Waals surface area contributed by atoms with E-state index in [1.165, 1.54) is 0 Å². The third-order valence-corrected chi connectivity index (χ3v) is 10.1. The smallest absolute Gasteiger partial charge is 0.312 e. The number of aliphatic hydroxyl groups is 1. The Labute approximate surface area is 266 Å². The van der Waals surface area contributed by atoms with Gasteiger partial charge in [0.1, 0.15) is 17.6 Å². The number of fused-ring (bicyclic) bond motifs is 1. The molecule has 3 aliphatic heterocycles. The van der Waals surface area contributed by atoms with Crippen molar-refractivity contribution in [2.45, 2.75) is 75.8 Å². The van der Waals surface area contributed by atoms with Gasteiger partial charge in [0.05, 0.1) is 30.8 Å². The van der Waals surface area contributed by atoms with Gasteiger partial charge in [0, 0.05) is 13.1 Å². The van der Waals surface area contributed by atoms with E-state index in [2.05, 4.69) is 13.2 Å². The molecule has 3 heterocycles. The summed E-state index contributed by atoms with van der Waals surface area (Å²) in [6.45, 7) is 12.0. The zero-order valence-corrected chi connectivity index (χ0v) is 26.5. The van der Waals surface area contributed by atoms with Crippen molar-refractivity contribution < 1.29 is 29.0 Å². The van der Waals surface area contributed by atoms with Crippen molar-refractivity contribution in [1.82, 2.24) is 9.80 Å². The molecule has 7 atom stereocenters. The summed E-state index contributed by atoms with van der Waals surface area (Å²) in [5, 5.41) is 10.8. The summed E-state index contributed by atoms with van der Waals surface area (Å²) in [4.78, 5) is 46.7. The number of hydrogen-bond donors (Lipinski definition) is 1. The summed E-state index contributed by atoms with van der Waals surface area (Å²) in [5.74, 6) is -2.97. The molecule has 3 fully saturated rings. The first-order valence-electron chi connectivity index (χ1n) is 16.1. The van der Waals surface area contributed by atoms with E-state index in [0.29, 0.717) is 25.8 Å². The third-order valence-electron chi connectivity index (χ3n) is 10.1. The first-order chi connectivity index (χ1) is 21.7. The molecule has 0 radical (unpaired) electrons. The van der Waals surface area contributed by atoms with E-state index in [1.54, 1.807) is 15.9 Å². The Kier molecular flexibility index (Phi) is 9.94. The quantitative estimate of drug-likeness (QED) is 0.177. The van der Waals surface area contributed by atoms with Crippen LogP contribution < -0.4 is 0 Å². The molecule has 8 nitrogen and oxygen atoms in total. The van der Waals surface area contributed by atoms with Gasteiger partial charge in [-0.25, -0.2) is 0 Å². The Morgan fingerprint density at radius 2 is 1.76 bits per heavy atom. The Morgan fingerprint density at radius 3 is 2.38 bits per heavy atom. The Balaban J connectivity index is 1.55. The molecule has 3 unspecified atom stereocenters. The van der Waals surface area contributed by atoms with Gasteiger partial charge in [0.25, 0.3) is 0 Å². The lowest BCUT2D eigenvalue weighted by Gasteiger charge is -2.39. The van der Waals surface area contributed by atoms with Crippen molar-refractivity contribution in [3.05, 3.63) is 97.1 Å². The van der Waals surface area contributed by atoms with Crippen molar-refractivity contribution in [1.29, 1.82) is 0 Å². The molecule has 1 N–H and O–H groups in total. The van der Waals surface area contributed by atoms with Gasteiger partial charge in [0.2, 0.25) is 11.8 Å². The lowest BCUT2D eigenvalue weighted by molar-refractivity contribution is -0.164. The second kappa shape index (κ2) is 13.7. The number of unbranched alkanes of at least 4 members (excludes halogenated alkanes) is 2. The van der Waals surface area contributed by atoms with Crippen LogP contribution in [0.4, 0.5) is 0 Å². The standard InChI is InChI=1S/C37H46N2O6/c1-5-7-8-15-21-44-35(43)31-30-33(41)39(29(25-40)22-27-16-11-9-12-17-27)32(37(30)23-26(3)36(31,4)45-37)34(42)38(20-6-2)24-28-18-13-10-14-19-28/h5-6,9-14,16-19,26,29-32,40H,1-2,7-8,15,20-25H2,3-4H3/t26?,29-,30+,31+,32?,36-,37?/m1/s1. The summed E-state index contributed by atoms with van der Waals surface area (Å²) in [7, 11) is 0. The normalized spacial score (nSPS) is 28.9. The van der Waals surface area contributed by atoms with E-state index in [-0.39, 0.29) is 37.5 Å². The van der Waals surface area contributed by atoms with Gasteiger partial charge in [0.15, 0.2) is 0 Å². The van der Waals surface area contributed by atoms with Crippen molar-refractivity contribution >= 4 is 17.8 Å². The molecule has 3 aliphatic rings. The molecule has 240 valence electrons. The maximum Gasteiger partial charge on any atom is 0.312 e. The van der Waals surface area contributed by atoms with Gasteiger partial charge < -0.3 is 24.4 Å². The van der Waals surface area contributed by atoms with E-state index in [0.717, 1.165) is 24.0 Å². The van der Waals surface area contributed by atoms with Gasteiger partial charge >= 0.3 is 5.97 Å². The average molecular weight is 615 g/mol. The van der Waals surface area contributed by atoms with Crippen molar-refractivity contribution in [3.63, 3.8) is 0 Å². The second-order valence-electron chi connectivity index (χ2n) is 12.9. The lowest BCUT2D eigenvalue weighted by atomic mass is 9.62. The predicted molar refractivity (Wildman–Crippen MR) is 172 cm³/mol. The number of nitrogens with zero attached hydrogens (tertiary/aromatic N) is 2. The molecule has 3 saturated heterocycles. The zero-order chi connectivity index (χ0) is 32.2. The van der Waals surface area contributed by atoms with Gasteiger partial charge in [-0.05, 0) is 56.1 Å². The fourth-order valence-electron chi connectivity index (χ4n) is 7.86. The Bertz CT molecular complexity index is 1380. The highest BCUT2D eigenvalue weighted by molar-refractivity contribution is 5.99. The topological polar surface area (TPSA) is 96.4 Å². The van der Waals surface area contributed by atoms with Gasteiger partial charge in [-0.15, -0.1) is 13.2 Å². The minimum atomic E-state index is -1.24. The van der Waals surface area contributed by atoms with Gasteiger partial charge in [-0.3, -0.25) is 14.4 Å². The lowest BCUT2D eigenvalue weighted by Crippen LogP contribution is -2.59. The average Bonchev–Trinajstić information content (AvgIpc) is 3.56. The third kappa shape index (κ3) is 5.98. The summed E-state index contributed by atoms with van der Waals surface area (Å²) in [6.07, 6.45) is 6.66. The van der Waals surface area contributed by atoms with Crippen LogP contribution in [0.25, 0.3) is 0 Å². The van der Waals surface area contributed by atoms with Crippen LogP contribution in [0.15, 0.2) is 86.0 Å². The monoisotopic (exact) mass is 614 g/mol. The van der Waals surface area contributed by atoms with Crippen LogP contribution in [-0.2, 0) is 36.8 Å². The van der Waals surface area contributed by atoms with Crippen molar-refractivity contribution in [3.8, 4) is 0 Å². The largest absolute Gasteiger partial charge is 0.465 e. The molecule has 2 amide bonds. The van der Waals surface area contributed by atoms with Crippen LogP contribution in [0.1, 0.15) is 50.7 Å². The summed E-state index contributed by atoms with van der Waals surface area (Å²) in [5.41, 5.74) is -0.344. The van der Waals surface area contributed by atoms with E-state index in [4.69, 9.17) is 9.47 Å². The molecule has 8 heteroatoms. The maximum atomic E-state index is 14.9. The minimum absolute atomic E-state index is 0.112.